The molecular formula is C23H18O3. The van der Waals surface area contributed by atoms with E-state index in [1.54, 1.807) is 13.0 Å². The first-order valence-corrected chi connectivity index (χ1v) is 8.52. The third kappa shape index (κ3) is 2.88. The minimum absolute atomic E-state index is 0.0794. The van der Waals surface area contributed by atoms with Gasteiger partial charge in [0.15, 0.2) is 0 Å². The first-order valence-electron chi connectivity index (χ1n) is 8.52. The molecule has 0 saturated carbocycles. The van der Waals surface area contributed by atoms with Gasteiger partial charge >= 0.3 is 0 Å². The van der Waals surface area contributed by atoms with Gasteiger partial charge < -0.3 is 9.52 Å². The highest BCUT2D eigenvalue weighted by Crippen LogP contribution is 2.29. The van der Waals surface area contributed by atoms with Gasteiger partial charge in [-0.1, -0.05) is 60.7 Å². The molecule has 26 heavy (non-hydrogen) atoms. The van der Waals surface area contributed by atoms with Gasteiger partial charge in [0.05, 0.1) is 10.9 Å². The molecule has 3 nitrogen and oxygen atoms in total. The molecule has 0 radical (unpaired) electrons. The van der Waals surface area contributed by atoms with Gasteiger partial charge in [-0.3, -0.25) is 4.79 Å². The van der Waals surface area contributed by atoms with E-state index >= 15 is 0 Å². The molecule has 0 atom stereocenters. The summed E-state index contributed by atoms with van der Waals surface area (Å²) >= 11 is 0. The number of hydrogen-bond acceptors (Lipinski definition) is 3. The van der Waals surface area contributed by atoms with Crippen molar-refractivity contribution < 1.29 is 9.52 Å². The molecule has 0 amide bonds. The molecule has 0 spiro atoms. The Morgan fingerprint density at radius 2 is 1.58 bits per heavy atom. The van der Waals surface area contributed by atoms with Crippen LogP contribution in [0.5, 0.6) is 5.75 Å². The van der Waals surface area contributed by atoms with Crippen molar-refractivity contribution in [1.29, 1.82) is 0 Å². The van der Waals surface area contributed by atoms with Crippen LogP contribution in [0, 0.1) is 6.92 Å². The van der Waals surface area contributed by atoms with Crippen LogP contribution in [0.4, 0.5) is 0 Å². The van der Waals surface area contributed by atoms with Gasteiger partial charge in [-0.2, -0.15) is 0 Å². The fourth-order valence-electron chi connectivity index (χ4n) is 3.28. The van der Waals surface area contributed by atoms with Crippen LogP contribution in [0.1, 0.15) is 16.9 Å². The molecule has 1 aromatic heterocycles. The summed E-state index contributed by atoms with van der Waals surface area (Å²) in [4.78, 5) is 13.1. The standard InChI is InChI=1S/C23H18O3/c1-15-22(17-10-6-3-7-11-17)23(25)19-13-18(20(24)14-21(19)26-15)12-16-8-4-2-5-9-16/h2-11,13-14,24H,12H2,1H3. The number of phenolic OH excluding ortho intramolecular Hbond substituents is 1. The van der Waals surface area contributed by atoms with E-state index in [2.05, 4.69) is 0 Å². The SMILES string of the molecule is Cc1oc2cc(O)c(Cc3ccccc3)cc2c(=O)c1-c1ccccc1. The van der Waals surface area contributed by atoms with Crippen molar-refractivity contribution in [2.75, 3.05) is 0 Å². The Kier molecular flexibility index (Phi) is 4.05. The summed E-state index contributed by atoms with van der Waals surface area (Å²) in [7, 11) is 0. The second kappa shape index (κ2) is 6.52. The molecule has 3 aromatic carbocycles. The van der Waals surface area contributed by atoms with Gasteiger partial charge in [0.2, 0.25) is 5.43 Å². The molecule has 0 unspecified atom stereocenters. The van der Waals surface area contributed by atoms with Crippen LogP contribution >= 0.6 is 0 Å². The summed E-state index contributed by atoms with van der Waals surface area (Å²) in [5.74, 6) is 0.681. The Labute approximate surface area is 151 Å². The highest BCUT2D eigenvalue weighted by Gasteiger charge is 2.15. The van der Waals surface area contributed by atoms with Gasteiger partial charge in [-0.15, -0.1) is 0 Å². The Balaban J connectivity index is 1.90. The maximum absolute atomic E-state index is 13.1. The summed E-state index contributed by atoms with van der Waals surface area (Å²) in [5, 5.41) is 10.9. The van der Waals surface area contributed by atoms with E-state index in [1.807, 2.05) is 60.7 Å². The average molecular weight is 342 g/mol. The minimum atomic E-state index is -0.0794. The summed E-state index contributed by atoms with van der Waals surface area (Å²) in [6.07, 6.45) is 0.552. The third-order valence-corrected chi connectivity index (χ3v) is 4.57. The van der Waals surface area contributed by atoms with Crippen LogP contribution in [0.2, 0.25) is 0 Å². The average Bonchev–Trinajstić information content (AvgIpc) is 2.65. The van der Waals surface area contributed by atoms with E-state index in [0.717, 1.165) is 11.1 Å². The molecule has 0 fully saturated rings. The number of rotatable bonds is 3. The van der Waals surface area contributed by atoms with E-state index < -0.39 is 0 Å². The molecule has 1 heterocycles. The summed E-state index contributed by atoms with van der Waals surface area (Å²) in [6.45, 7) is 1.78. The number of phenols is 1. The fraction of sp³-hybridized carbons (Fsp3) is 0.0870. The molecule has 3 heteroatoms. The van der Waals surface area contributed by atoms with Gasteiger partial charge in [0.1, 0.15) is 17.1 Å². The van der Waals surface area contributed by atoms with Crippen LogP contribution in [-0.2, 0) is 6.42 Å². The first kappa shape index (κ1) is 16.2. The lowest BCUT2D eigenvalue weighted by atomic mass is 9.99. The second-order valence-electron chi connectivity index (χ2n) is 6.37. The molecule has 4 aromatic rings. The molecule has 0 saturated heterocycles. The third-order valence-electron chi connectivity index (χ3n) is 4.57. The Bertz CT molecular complexity index is 1130. The molecule has 128 valence electrons. The van der Waals surface area contributed by atoms with Gasteiger partial charge in [-0.05, 0) is 29.7 Å². The zero-order chi connectivity index (χ0) is 18.1. The van der Waals surface area contributed by atoms with E-state index in [0.29, 0.717) is 34.3 Å². The van der Waals surface area contributed by atoms with Crippen molar-refractivity contribution in [3.8, 4) is 16.9 Å². The zero-order valence-corrected chi connectivity index (χ0v) is 14.4. The second-order valence-corrected chi connectivity index (χ2v) is 6.37. The number of aryl methyl sites for hydroxylation is 1. The Morgan fingerprint density at radius 3 is 2.27 bits per heavy atom. The zero-order valence-electron chi connectivity index (χ0n) is 14.4. The number of aromatic hydroxyl groups is 1. The van der Waals surface area contributed by atoms with Crippen LogP contribution in [-0.4, -0.2) is 5.11 Å². The van der Waals surface area contributed by atoms with Gasteiger partial charge in [0.25, 0.3) is 0 Å². The molecule has 0 aliphatic carbocycles. The van der Waals surface area contributed by atoms with Crippen LogP contribution in [0.25, 0.3) is 22.1 Å². The molecule has 0 aliphatic heterocycles. The molecule has 0 bridgehead atoms. The Morgan fingerprint density at radius 1 is 0.923 bits per heavy atom. The lowest BCUT2D eigenvalue weighted by Gasteiger charge is -2.10. The van der Waals surface area contributed by atoms with Crippen molar-refractivity contribution in [2.24, 2.45) is 0 Å². The number of benzene rings is 3. The largest absolute Gasteiger partial charge is 0.508 e. The van der Waals surface area contributed by atoms with Crippen LogP contribution < -0.4 is 5.43 Å². The maximum atomic E-state index is 13.1. The van der Waals surface area contributed by atoms with Crippen molar-refractivity contribution in [2.45, 2.75) is 13.3 Å². The van der Waals surface area contributed by atoms with E-state index in [1.165, 1.54) is 6.07 Å². The molecular weight excluding hydrogens is 324 g/mol. The van der Waals surface area contributed by atoms with E-state index in [9.17, 15) is 9.90 Å². The van der Waals surface area contributed by atoms with E-state index in [-0.39, 0.29) is 11.2 Å². The predicted octanol–water partition coefficient (Wildman–Crippen LogP) is 5.06. The topological polar surface area (TPSA) is 50.4 Å². The normalized spacial score (nSPS) is 11.0. The van der Waals surface area contributed by atoms with Crippen LogP contribution in [0.15, 0.2) is 82.0 Å². The highest BCUT2D eigenvalue weighted by molar-refractivity contribution is 5.84. The molecule has 4 rings (SSSR count). The van der Waals surface area contributed by atoms with Gasteiger partial charge in [-0.25, -0.2) is 0 Å². The quantitative estimate of drug-likeness (QED) is 0.566. The summed E-state index contributed by atoms with van der Waals surface area (Å²) < 4.78 is 5.85. The first-order chi connectivity index (χ1) is 12.6. The van der Waals surface area contributed by atoms with Gasteiger partial charge in [0, 0.05) is 12.5 Å². The summed E-state index contributed by atoms with van der Waals surface area (Å²) in [5.41, 5.74) is 3.50. The van der Waals surface area contributed by atoms with E-state index in [4.69, 9.17) is 4.42 Å². The summed E-state index contributed by atoms with van der Waals surface area (Å²) in [6, 6.07) is 22.7. The molecule has 1 N–H and O–H groups in total. The molecule has 0 aliphatic rings. The minimum Gasteiger partial charge on any atom is -0.508 e. The van der Waals surface area contributed by atoms with Crippen LogP contribution in [0.3, 0.4) is 0 Å². The lowest BCUT2D eigenvalue weighted by Crippen LogP contribution is -2.08. The monoisotopic (exact) mass is 342 g/mol. The highest BCUT2D eigenvalue weighted by atomic mass is 16.3. The van der Waals surface area contributed by atoms with Crippen molar-refractivity contribution >= 4 is 11.0 Å². The number of hydrogen-bond donors (Lipinski definition) is 1. The van der Waals surface area contributed by atoms with Crippen molar-refractivity contribution in [3.05, 3.63) is 99.9 Å². The van der Waals surface area contributed by atoms with Crippen molar-refractivity contribution in [3.63, 3.8) is 0 Å². The fourth-order valence-corrected chi connectivity index (χ4v) is 3.28. The lowest BCUT2D eigenvalue weighted by molar-refractivity contribution is 0.467. The Hall–Kier alpha value is -3.33. The number of fused-ring (bicyclic) bond motifs is 1. The predicted molar refractivity (Wildman–Crippen MR) is 104 cm³/mol. The van der Waals surface area contributed by atoms with Crippen molar-refractivity contribution in [1.82, 2.24) is 0 Å². The maximum Gasteiger partial charge on any atom is 0.200 e. The smallest absolute Gasteiger partial charge is 0.200 e.